The van der Waals surface area contributed by atoms with Gasteiger partial charge in [-0.1, -0.05) is 25.3 Å². The number of carbonyl (C=O) groups excluding carboxylic acids is 1. The zero-order valence-corrected chi connectivity index (χ0v) is 10.8. The Morgan fingerprint density at radius 3 is 2.78 bits per heavy atom. The van der Waals surface area contributed by atoms with E-state index in [-0.39, 0.29) is 11.8 Å². The molecule has 1 fully saturated rings. The first-order chi connectivity index (χ1) is 8.79. The second-order valence-electron chi connectivity index (χ2n) is 4.76. The number of aromatic nitrogens is 1. The Kier molecular flexibility index (Phi) is 4.56. The molecule has 1 aliphatic rings. The average molecular weight is 248 g/mol. The maximum atomic E-state index is 11.9. The Balaban J connectivity index is 1.80. The van der Waals surface area contributed by atoms with Gasteiger partial charge in [-0.25, -0.2) is 4.98 Å². The summed E-state index contributed by atoms with van der Waals surface area (Å²) in [5.74, 6) is 0.993. The van der Waals surface area contributed by atoms with Gasteiger partial charge in [-0.05, 0) is 18.4 Å². The minimum Gasteiger partial charge on any atom is -0.481 e. The SMILES string of the molecule is COc1ccc(CNC(=O)C2CCCCC2)cn1. The van der Waals surface area contributed by atoms with Gasteiger partial charge in [-0.15, -0.1) is 0 Å². The van der Waals surface area contributed by atoms with Crippen LogP contribution in [-0.4, -0.2) is 18.0 Å². The van der Waals surface area contributed by atoms with E-state index in [1.165, 1.54) is 19.3 Å². The van der Waals surface area contributed by atoms with Crippen molar-refractivity contribution in [3.63, 3.8) is 0 Å². The van der Waals surface area contributed by atoms with Gasteiger partial charge >= 0.3 is 0 Å². The van der Waals surface area contributed by atoms with E-state index >= 15 is 0 Å². The number of pyridine rings is 1. The molecule has 1 saturated carbocycles. The van der Waals surface area contributed by atoms with Crippen LogP contribution < -0.4 is 10.1 Å². The molecule has 0 atom stereocenters. The standard InChI is InChI=1S/C14H20N2O2/c1-18-13-8-7-11(9-15-13)10-16-14(17)12-5-3-2-4-6-12/h7-9,12H,2-6,10H2,1H3,(H,16,17). The molecule has 2 rings (SSSR count). The average Bonchev–Trinajstić information content (AvgIpc) is 2.46. The Morgan fingerprint density at radius 2 is 2.17 bits per heavy atom. The second-order valence-corrected chi connectivity index (χ2v) is 4.76. The highest BCUT2D eigenvalue weighted by Gasteiger charge is 2.20. The van der Waals surface area contributed by atoms with Crippen LogP contribution in [0.5, 0.6) is 5.88 Å². The van der Waals surface area contributed by atoms with Crippen molar-refractivity contribution in [2.75, 3.05) is 7.11 Å². The predicted molar refractivity (Wildman–Crippen MR) is 69.2 cm³/mol. The number of hydrogen-bond donors (Lipinski definition) is 1. The maximum absolute atomic E-state index is 11.9. The number of hydrogen-bond acceptors (Lipinski definition) is 3. The molecule has 4 nitrogen and oxygen atoms in total. The van der Waals surface area contributed by atoms with Crippen molar-refractivity contribution in [1.82, 2.24) is 10.3 Å². The summed E-state index contributed by atoms with van der Waals surface area (Å²) < 4.78 is 4.99. The first-order valence-corrected chi connectivity index (χ1v) is 6.56. The summed E-state index contributed by atoms with van der Waals surface area (Å²) in [5, 5.41) is 2.99. The molecule has 0 aliphatic heterocycles. The number of ether oxygens (including phenoxy) is 1. The van der Waals surface area contributed by atoms with Crippen LogP contribution in [0, 0.1) is 5.92 Å². The number of methoxy groups -OCH3 is 1. The van der Waals surface area contributed by atoms with Crippen LogP contribution >= 0.6 is 0 Å². The Hall–Kier alpha value is -1.58. The molecule has 0 unspecified atom stereocenters. The highest BCUT2D eigenvalue weighted by molar-refractivity contribution is 5.78. The van der Waals surface area contributed by atoms with Crippen molar-refractivity contribution in [2.45, 2.75) is 38.6 Å². The first kappa shape index (κ1) is 12.9. The highest BCUT2D eigenvalue weighted by atomic mass is 16.5. The summed E-state index contributed by atoms with van der Waals surface area (Å²) >= 11 is 0. The number of nitrogens with zero attached hydrogens (tertiary/aromatic N) is 1. The third-order valence-electron chi connectivity index (χ3n) is 3.45. The van der Waals surface area contributed by atoms with E-state index in [1.807, 2.05) is 12.1 Å². The van der Waals surface area contributed by atoms with Crippen LogP contribution in [0.25, 0.3) is 0 Å². The molecule has 1 amide bonds. The van der Waals surface area contributed by atoms with Crippen LogP contribution in [0.3, 0.4) is 0 Å². The van der Waals surface area contributed by atoms with Gasteiger partial charge in [0.05, 0.1) is 7.11 Å². The van der Waals surface area contributed by atoms with Crippen LogP contribution in [0.15, 0.2) is 18.3 Å². The Labute approximate surface area is 108 Å². The molecule has 0 bridgehead atoms. The van der Waals surface area contributed by atoms with Gasteiger partial charge in [-0.3, -0.25) is 4.79 Å². The zero-order valence-electron chi connectivity index (χ0n) is 10.8. The highest BCUT2D eigenvalue weighted by Crippen LogP contribution is 2.23. The molecule has 1 aromatic rings. The van der Waals surface area contributed by atoms with Crippen molar-refractivity contribution >= 4 is 5.91 Å². The molecule has 0 spiro atoms. The molecule has 1 aliphatic carbocycles. The van der Waals surface area contributed by atoms with E-state index < -0.39 is 0 Å². The van der Waals surface area contributed by atoms with Crippen molar-refractivity contribution in [1.29, 1.82) is 0 Å². The quantitative estimate of drug-likeness (QED) is 0.889. The lowest BCUT2D eigenvalue weighted by Crippen LogP contribution is -2.31. The second kappa shape index (κ2) is 6.38. The number of nitrogens with one attached hydrogen (secondary N) is 1. The summed E-state index contributed by atoms with van der Waals surface area (Å²) in [6.45, 7) is 0.548. The van der Waals surface area contributed by atoms with Crippen molar-refractivity contribution in [2.24, 2.45) is 5.92 Å². The van der Waals surface area contributed by atoms with Crippen LogP contribution in [0.2, 0.25) is 0 Å². The molecule has 0 radical (unpaired) electrons. The lowest BCUT2D eigenvalue weighted by atomic mass is 9.88. The molecule has 18 heavy (non-hydrogen) atoms. The topological polar surface area (TPSA) is 51.2 Å². The van der Waals surface area contributed by atoms with E-state index in [0.29, 0.717) is 12.4 Å². The van der Waals surface area contributed by atoms with Gasteiger partial charge in [-0.2, -0.15) is 0 Å². The van der Waals surface area contributed by atoms with Gasteiger partial charge < -0.3 is 10.1 Å². The van der Waals surface area contributed by atoms with Crippen LogP contribution in [0.4, 0.5) is 0 Å². The van der Waals surface area contributed by atoms with Gasteiger partial charge in [0.1, 0.15) is 0 Å². The van der Waals surface area contributed by atoms with Gasteiger partial charge in [0.2, 0.25) is 11.8 Å². The van der Waals surface area contributed by atoms with E-state index in [4.69, 9.17) is 4.74 Å². The molecule has 0 saturated heterocycles. The van der Waals surface area contributed by atoms with E-state index in [9.17, 15) is 4.79 Å². The normalized spacial score (nSPS) is 16.3. The molecule has 4 heteroatoms. The number of amides is 1. The summed E-state index contributed by atoms with van der Waals surface area (Å²) in [4.78, 5) is 16.1. The molecule has 1 aromatic heterocycles. The summed E-state index contributed by atoms with van der Waals surface area (Å²) in [7, 11) is 1.59. The lowest BCUT2D eigenvalue weighted by Gasteiger charge is -2.20. The molecule has 1 N–H and O–H groups in total. The third-order valence-corrected chi connectivity index (χ3v) is 3.45. The van der Waals surface area contributed by atoms with Gasteiger partial charge in [0, 0.05) is 24.7 Å². The third kappa shape index (κ3) is 3.45. The lowest BCUT2D eigenvalue weighted by molar-refractivity contribution is -0.126. The molecular weight excluding hydrogens is 228 g/mol. The molecule has 98 valence electrons. The largest absolute Gasteiger partial charge is 0.481 e. The van der Waals surface area contributed by atoms with Gasteiger partial charge in [0.25, 0.3) is 0 Å². The zero-order chi connectivity index (χ0) is 12.8. The fourth-order valence-corrected chi connectivity index (χ4v) is 2.33. The smallest absolute Gasteiger partial charge is 0.223 e. The van der Waals surface area contributed by atoms with Crippen molar-refractivity contribution < 1.29 is 9.53 Å². The molecule has 0 aromatic carbocycles. The number of rotatable bonds is 4. The van der Waals surface area contributed by atoms with Crippen molar-refractivity contribution in [3.8, 4) is 5.88 Å². The van der Waals surface area contributed by atoms with Crippen molar-refractivity contribution in [3.05, 3.63) is 23.9 Å². The summed E-state index contributed by atoms with van der Waals surface area (Å²) in [6, 6.07) is 3.73. The Morgan fingerprint density at radius 1 is 1.39 bits per heavy atom. The van der Waals surface area contributed by atoms with E-state index in [2.05, 4.69) is 10.3 Å². The fourth-order valence-electron chi connectivity index (χ4n) is 2.33. The predicted octanol–water partition coefficient (Wildman–Crippen LogP) is 2.29. The van der Waals surface area contributed by atoms with Crippen LogP contribution in [-0.2, 0) is 11.3 Å². The van der Waals surface area contributed by atoms with E-state index in [1.54, 1.807) is 13.3 Å². The summed E-state index contributed by atoms with van der Waals surface area (Å²) in [5.41, 5.74) is 1.000. The van der Waals surface area contributed by atoms with Crippen LogP contribution in [0.1, 0.15) is 37.7 Å². The Bertz CT molecular complexity index is 383. The monoisotopic (exact) mass is 248 g/mol. The molecule has 1 heterocycles. The van der Waals surface area contributed by atoms with Gasteiger partial charge in [0.15, 0.2) is 0 Å². The molecular formula is C14H20N2O2. The maximum Gasteiger partial charge on any atom is 0.223 e. The number of carbonyl (C=O) groups is 1. The fraction of sp³-hybridized carbons (Fsp3) is 0.571. The summed E-state index contributed by atoms with van der Waals surface area (Å²) in [6.07, 6.45) is 7.44. The minimum absolute atomic E-state index is 0.186. The van der Waals surface area contributed by atoms with E-state index in [0.717, 1.165) is 18.4 Å². The minimum atomic E-state index is 0.186. The first-order valence-electron chi connectivity index (χ1n) is 6.56.